The highest BCUT2D eigenvalue weighted by Crippen LogP contribution is 2.22. The van der Waals surface area contributed by atoms with Gasteiger partial charge in [-0.15, -0.1) is 0 Å². The molecule has 0 fully saturated rings. The molecule has 5 nitrogen and oxygen atoms in total. The number of rotatable bonds is 2. The molecule has 6 heteroatoms. The van der Waals surface area contributed by atoms with E-state index in [1.54, 1.807) is 0 Å². The van der Waals surface area contributed by atoms with Crippen molar-refractivity contribution < 1.29 is 14.7 Å². The second kappa shape index (κ2) is 5.23. The van der Waals surface area contributed by atoms with Crippen molar-refractivity contribution in [1.82, 2.24) is 0 Å². The van der Waals surface area contributed by atoms with Crippen LogP contribution in [0, 0.1) is 11.8 Å². The molecular weight excluding hydrogens is 244 g/mol. The molecule has 17 heavy (non-hydrogen) atoms. The van der Waals surface area contributed by atoms with E-state index in [1.807, 2.05) is 0 Å². The van der Waals surface area contributed by atoms with Gasteiger partial charge in [0.15, 0.2) is 0 Å². The molecule has 0 aliphatic rings. The van der Waals surface area contributed by atoms with Gasteiger partial charge in [-0.1, -0.05) is 23.4 Å². The number of carboxylic acids is 1. The summed E-state index contributed by atoms with van der Waals surface area (Å²) in [4.78, 5) is 21.3. The van der Waals surface area contributed by atoms with Gasteiger partial charge in [-0.05, 0) is 12.1 Å². The van der Waals surface area contributed by atoms with Crippen LogP contribution in [0.1, 0.15) is 22.3 Å². The molecule has 1 rings (SSSR count). The van der Waals surface area contributed by atoms with Crippen LogP contribution in [0.2, 0.25) is 5.02 Å². The fourth-order valence-electron chi connectivity index (χ4n) is 1.12. The number of nitrogens with two attached hydrogens (primary N) is 2. The van der Waals surface area contributed by atoms with Crippen LogP contribution < -0.4 is 11.5 Å². The predicted molar refractivity (Wildman–Crippen MR) is 63.5 cm³/mol. The Bertz CT molecular complexity index is 544. The minimum atomic E-state index is -1.19. The Kier molecular flexibility index (Phi) is 3.96. The molecule has 88 valence electrons. The van der Waals surface area contributed by atoms with Crippen LogP contribution >= 0.6 is 11.6 Å². The van der Waals surface area contributed by atoms with Gasteiger partial charge in [-0.2, -0.15) is 0 Å². The molecule has 0 bridgehead atoms. The molecule has 0 unspecified atom stereocenters. The third-order valence-electron chi connectivity index (χ3n) is 1.86. The third kappa shape index (κ3) is 3.40. The molecule has 1 aromatic carbocycles. The monoisotopic (exact) mass is 252 g/mol. The Balaban J connectivity index is 3.19. The van der Waals surface area contributed by atoms with Crippen LogP contribution in [0.15, 0.2) is 12.1 Å². The molecule has 0 aromatic heterocycles. The molecule has 0 aliphatic heterocycles. The first-order valence-corrected chi connectivity index (χ1v) is 4.89. The molecular formula is C11H9ClN2O3. The summed E-state index contributed by atoms with van der Waals surface area (Å²) in [5.41, 5.74) is 10.7. The Morgan fingerprint density at radius 2 is 2.06 bits per heavy atom. The highest BCUT2D eigenvalue weighted by Gasteiger charge is 2.12. The molecule has 0 spiro atoms. The zero-order valence-corrected chi connectivity index (χ0v) is 9.41. The molecule has 0 aliphatic carbocycles. The minimum absolute atomic E-state index is 0.0128. The number of nitrogen functional groups attached to an aromatic ring is 1. The lowest BCUT2D eigenvalue weighted by Gasteiger charge is -2.04. The van der Waals surface area contributed by atoms with Gasteiger partial charge in [0.2, 0.25) is 5.91 Å². The predicted octanol–water partition coefficient (Wildman–Crippen LogP) is 0.847. The first-order chi connectivity index (χ1) is 7.91. The van der Waals surface area contributed by atoms with Gasteiger partial charge in [-0.3, -0.25) is 4.79 Å². The van der Waals surface area contributed by atoms with E-state index < -0.39 is 11.9 Å². The first kappa shape index (κ1) is 12.9. The van der Waals surface area contributed by atoms with Gasteiger partial charge in [0, 0.05) is 10.6 Å². The fourth-order valence-corrected chi connectivity index (χ4v) is 1.34. The third-order valence-corrected chi connectivity index (χ3v) is 2.08. The van der Waals surface area contributed by atoms with Gasteiger partial charge in [0.25, 0.3) is 0 Å². The Hall–Kier alpha value is -2.19. The SMILES string of the molecule is NC(=O)CC#Cc1cc(Cl)cc(C(=O)O)c1N. The van der Waals surface area contributed by atoms with Gasteiger partial charge in [0.1, 0.15) is 0 Å². The van der Waals surface area contributed by atoms with Crippen molar-refractivity contribution in [3.05, 3.63) is 28.3 Å². The van der Waals surface area contributed by atoms with Crippen molar-refractivity contribution in [3.8, 4) is 11.8 Å². The number of carbonyl (C=O) groups excluding carboxylic acids is 1. The lowest BCUT2D eigenvalue weighted by atomic mass is 10.1. The van der Waals surface area contributed by atoms with Crippen molar-refractivity contribution in [3.63, 3.8) is 0 Å². The zero-order valence-electron chi connectivity index (χ0n) is 8.66. The number of primary amides is 1. The van der Waals surface area contributed by atoms with E-state index in [2.05, 4.69) is 11.8 Å². The molecule has 0 atom stereocenters. The maximum absolute atomic E-state index is 10.8. The molecule has 1 aromatic rings. The maximum atomic E-state index is 10.8. The Morgan fingerprint density at radius 1 is 1.41 bits per heavy atom. The summed E-state index contributed by atoms with van der Waals surface area (Å²) in [5.74, 6) is 3.27. The summed E-state index contributed by atoms with van der Waals surface area (Å²) in [5, 5.41) is 9.08. The number of carbonyl (C=O) groups is 2. The average molecular weight is 253 g/mol. The molecule has 0 heterocycles. The normalized spacial score (nSPS) is 9.24. The Labute approximate surface area is 102 Å². The quantitative estimate of drug-likeness (QED) is 0.536. The van der Waals surface area contributed by atoms with Crippen LogP contribution in [0.4, 0.5) is 5.69 Å². The topological polar surface area (TPSA) is 106 Å². The lowest BCUT2D eigenvalue weighted by Crippen LogP contribution is -2.08. The van der Waals surface area contributed by atoms with Gasteiger partial charge >= 0.3 is 5.97 Å². The number of hydrogen-bond acceptors (Lipinski definition) is 3. The number of amides is 1. The van der Waals surface area contributed by atoms with E-state index in [4.69, 9.17) is 28.2 Å². The molecule has 0 radical (unpaired) electrons. The standard InChI is InChI=1S/C11H9ClN2O3/c12-7-4-6(2-1-3-9(13)15)10(14)8(5-7)11(16)17/h4-5H,3,14H2,(H2,13,15)(H,16,17). The first-order valence-electron chi connectivity index (χ1n) is 4.51. The van der Waals surface area contributed by atoms with Crippen LogP contribution in [0.25, 0.3) is 0 Å². The lowest BCUT2D eigenvalue weighted by molar-refractivity contribution is -0.117. The summed E-state index contributed by atoms with van der Waals surface area (Å²) < 4.78 is 0. The van der Waals surface area contributed by atoms with Crippen LogP contribution in [0.3, 0.4) is 0 Å². The fraction of sp³-hybridized carbons (Fsp3) is 0.0909. The largest absolute Gasteiger partial charge is 0.478 e. The highest BCUT2D eigenvalue weighted by molar-refractivity contribution is 6.31. The van der Waals surface area contributed by atoms with Crippen molar-refractivity contribution in [2.45, 2.75) is 6.42 Å². The minimum Gasteiger partial charge on any atom is -0.478 e. The summed E-state index contributed by atoms with van der Waals surface area (Å²) in [7, 11) is 0. The maximum Gasteiger partial charge on any atom is 0.337 e. The van der Waals surface area contributed by atoms with Crippen LogP contribution in [-0.2, 0) is 4.79 Å². The highest BCUT2D eigenvalue weighted by atomic mass is 35.5. The van der Waals surface area contributed by atoms with Gasteiger partial charge < -0.3 is 16.6 Å². The number of hydrogen-bond donors (Lipinski definition) is 3. The molecule has 0 saturated carbocycles. The van der Waals surface area contributed by atoms with Crippen molar-refractivity contribution in [2.24, 2.45) is 5.73 Å². The van der Waals surface area contributed by atoms with Crippen molar-refractivity contribution in [2.75, 3.05) is 5.73 Å². The molecule has 0 saturated heterocycles. The van der Waals surface area contributed by atoms with E-state index in [1.165, 1.54) is 12.1 Å². The number of aromatic carboxylic acids is 1. The van der Waals surface area contributed by atoms with Crippen molar-refractivity contribution in [1.29, 1.82) is 0 Å². The van der Waals surface area contributed by atoms with Crippen LogP contribution in [0.5, 0.6) is 0 Å². The van der Waals surface area contributed by atoms with Crippen molar-refractivity contribution >= 4 is 29.2 Å². The number of halogens is 1. The number of carboxylic acid groups (broad SMARTS) is 1. The van der Waals surface area contributed by atoms with E-state index in [9.17, 15) is 9.59 Å². The van der Waals surface area contributed by atoms with Gasteiger partial charge in [-0.25, -0.2) is 4.79 Å². The summed E-state index contributed by atoms with van der Waals surface area (Å²) in [6, 6.07) is 2.66. The van der Waals surface area contributed by atoms with E-state index >= 15 is 0 Å². The van der Waals surface area contributed by atoms with Gasteiger partial charge in [0.05, 0.1) is 17.7 Å². The summed E-state index contributed by atoms with van der Waals surface area (Å²) in [6.45, 7) is 0. The van der Waals surface area contributed by atoms with E-state index in [0.29, 0.717) is 0 Å². The average Bonchev–Trinajstić information content (AvgIpc) is 2.21. The summed E-state index contributed by atoms with van der Waals surface area (Å²) in [6.07, 6.45) is -0.131. The summed E-state index contributed by atoms with van der Waals surface area (Å²) >= 11 is 5.73. The number of benzene rings is 1. The zero-order chi connectivity index (χ0) is 13.0. The van der Waals surface area contributed by atoms with E-state index in [-0.39, 0.29) is 28.3 Å². The van der Waals surface area contributed by atoms with Crippen LogP contribution in [-0.4, -0.2) is 17.0 Å². The second-order valence-corrected chi connectivity index (χ2v) is 3.60. The smallest absolute Gasteiger partial charge is 0.337 e. The molecule has 1 amide bonds. The van der Waals surface area contributed by atoms with E-state index in [0.717, 1.165) is 0 Å². The second-order valence-electron chi connectivity index (χ2n) is 3.16. The molecule has 5 N–H and O–H groups in total. The Morgan fingerprint density at radius 3 is 2.59 bits per heavy atom. The number of anilines is 1.